The molecule has 0 amide bonds. The van der Waals surface area contributed by atoms with Crippen LogP contribution in [0.25, 0.3) is 0 Å². The second-order valence-corrected chi connectivity index (χ2v) is 5.55. The van der Waals surface area contributed by atoms with Gasteiger partial charge in [-0.2, -0.15) is 0 Å². The van der Waals surface area contributed by atoms with Crippen molar-refractivity contribution in [2.75, 3.05) is 14.2 Å². The van der Waals surface area contributed by atoms with E-state index in [0.717, 1.165) is 12.8 Å². The molecule has 0 radical (unpaired) electrons. The Labute approximate surface area is 103 Å². The normalized spacial score (nSPS) is 40.3. The minimum Gasteiger partial charge on any atom is -0.356 e. The third-order valence-corrected chi connectivity index (χ3v) is 4.55. The van der Waals surface area contributed by atoms with Gasteiger partial charge in [0.2, 0.25) is 0 Å². The summed E-state index contributed by atoms with van der Waals surface area (Å²) in [5, 5.41) is 0. The molecule has 0 aliphatic heterocycles. The van der Waals surface area contributed by atoms with Gasteiger partial charge in [-0.05, 0) is 25.2 Å². The van der Waals surface area contributed by atoms with Crippen molar-refractivity contribution in [3.8, 4) is 0 Å². The van der Waals surface area contributed by atoms with Gasteiger partial charge in [0.1, 0.15) is 5.78 Å². The zero-order valence-corrected chi connectivity index (χ0v) is 11.1. The van der Waals surface area contributed by atoms with Crippen molar-refractivity contribution in [1.82, 2.24) is 0 Å². The van der Waals surface area contributed by atoms with Gasteiger partial charge in [-0.25, -0.2) is 0 Å². The van der Waals surface area contributed by atoms with Crippen LogP contribution in [-0.2, 0) is 14.3 Å². The first-order valence-corrected chi connectivity index (χ1v) is 6.32. The number of hydrogen-bond donors (Lipinski definition) is 0. The van der Waals surface area contributed by atoms with Crippen molar-refractivity contribution >= 4 is 5.78 Å². The van der Waals surface area contributed by atoms with Gasteiger partial charge >= 0.3 is 0 Å². The standard InChI is InChI=1S/C14H22O3/c1-9-7-10-5-6-14(2,13(9)15)11(10)8-12(16-3)17-4/h5-6,9-12H,7-8H2,1-4H3/t9-,10+,11-,14+/m0/s1. The maximum Gasteiger partial charge on any atom is 0.157 e. The second kappa shape index (κ2) is 4.54. The summed E-state index contributed by atoms with van der Waals surface area (Å²) in [4.78, 5) is 12.3. The van der Waals surface area contributed by atoms with Crippen molar-refractivity contribution in [2.45, 2.75) is 33.0 Å². The van der Waals surface area contributed by atoms with Crippen LogP contribution in [0.1, 0.15) is 26.7 Å². The fourth-order valence-electron chi connectivity index (χ4n) is 3.50. The quantitative estimate of drug-likeness (QED) is 0.557. The number of hydrogen-bond acceptors (Lipinski definition) is 3. The minimum absolute atomic E-state index is 0.180. The molecule has 0 aromatic heterocycles. The highest BCUT2D eigenvalue weighted by molar-refractivity contribution is 5.90. The smallest absolute Gasteiger partial charge is 0.157 e. The molecule has 3 nitrogen and oxygen atoms in total. The van der Waals surface area contributed by atoms with Crippen LogP contribution in [0.5, 0.6) is 0 Å². The highest BCUT2D eigenvalue weighted by atomic mass is 16.7. The van der Waals surface area contributed by atoms with E-state index in [-0.39, 0.29) is 17.6 Å². The van der Waals surface area contributed by atoms with Crippen LogP contribution < -0.4 is 0 Å². The van der Waals surface area contributed by atoms with Gasteiger partial charge in [0.15, 0.2) is 6.29 Å². The van der Waals surface area contributed by atoms with Crippen molar-refractivity contribution in [3.63, 3.8) is 0 Å². The van der Waals surface area contributed by atoms with Crippen molar-refractivity contribution in [1.29, 1.82) is 0 Å². The summed E-state index contributed by atoms with van der Waals surface area (Å²) in [6, 6.07) is 0. The molecule has 0 spiro atoms. The Balaban J connectivity index is 2.17. The molecule has 17 heavy (non-hydrogen) atoms. The number of methoxy groups -OCH3 is 2. The Morgan fingerprint density at radius 3 is 2.71 bits per heavy atom. The highest BCUT2D eigenvalue weighted by Gasteiger charge is 2.52. The predicted molar refractivity (Wildman–Crippen MR) is 65.4 cm³/mol. The maximum absolute atomic E-state index is 12.3. The largest absolute Gasteiger partial charge is 0.356 e. The van der Waals surface area contributed by atoms with Crippen molar-refractivity contribution < 1.29 is 14.3 Å². The number of carbonyl (C=O) groups excluding carboxylic acids is 1. The number of allylic oxidation sites excluding steroid dienone is 2. The van der Waals surface area contributed by atoms with Gasteiger partial charge < -0.3 is 9.47 Å². The molecule has 0 aromatic carbocycles. The molecule has 0 N–H and O–H groups in total. The van der Waals surface area contributed by atoms with Crippen LogP contribution in [0.3, 0.4) is 0 Å². The summed E-state index contributed by atoms with van der Waals surface area (Å²) >= 11 is 0. The van der Waals surface area contributed by atoms with Crippen LogP contribution in [-0.4, -0.2) is 26.3 Å². The number of ether oxygens (including phenoxy) is 2. The molecule has 2 rings (SSSR count). The first-order chi connectivity index (χ1) is 8.02. The van der Waals surface area contributed by atoms with Crippen LogP contribution in [0.15, 0.2) is 12.2 Å². The Morgan fingerprint density at radius 1 is 1.47 bits per heavy atom. The molecule has 2 aliphatic carbocycles. The summed E-state index contributed by atoms with van der Waals surface area (Å²) < 4.78 is 10.5. The van der Waals surface area contributed by atoms with Gasteiger partial charge in [0.05, 0.1) is 0 Å². The third-order valence-electron chi connectivity index (χ3n) is 4.55. The first-order valence-electron chi connectivity index (χ1n) is 6.32. The van der Waals surface area contributed by atoms with Gasteiger partial charge in [0.25, 0.3) is 0 Å². The Hall–Kier alpha value is -0.670. The lowest BCUT2D eigenvalue weighted by molar-refractivity contribution is -0.146. The molecule has 0 saturated heterocycles. The van der Waals surface area contributed by atoms with Crippen LogP contribution >= 0.6 is 0 Å². The molecule has 1 saturated carbocycles. The Morgan fingerprint density at radius 2 is 2.12 bits per heavy atom. The van der Waals surface area contributed by atoms with Crippen molar-refractivity contribution in [3.05, 3.63) is 12.2 Å². The average molecular weight is 238 g/mol. The number of rotatable bonds is 4. The van der Waals surface area contributed by atoms with E-state index in [1.807, 2.05) is 6.92 Å². The molecular weight excluding hydrogens is 216 g/mol. The molecule has 96 valence electrons. The molecule has 3 heteroatoms. The average Bonchev–Trinajstić information content (AvgIpc) is 2.57. The van der Waals surface area contributed by atoms with E-state index in [9.17, 15) is 4.79 Å². The first kappa shape index (κ1) is 12.8. The molecular formula is C14H22O3. The minimum atomic E-state index is -0.308. The highest BCUT2D eigenvalue weighted by Crippen LogP contribution is 2.52. The Kier molecular flexibility index (Phi) is 3.41. The fourth-order valence-corrected chi connectivity index (χ4v) is 3.50. The lowest BCUT2D eigenvalue weighted by Crippen LogP contribution is -2.44. The lowest BCUT2D eigenvalue weighted by Gasteiger charge is -2.41. The summed E-state index contributed by atoms with van der Waals surface area (Å²) in [6.07, 6.45) is 5.88. The molecule has 1 fully saturated rings. The molecule has 0 heterocycles. The monoisotopic (exact) mass is 238 g/mol. The van der Waals surface area contributed by atoms with E-state index in [1.165, 1.54) is 0 Å². The van der Waals surface area contributed by atoms with E-state index in [4.69, 9.17) is 9.47 Å². The molecule has 2 aliphatic rings. The van der Waals surface area contributed by atoms with Gasteiger partial charge in [-0.3, -0.25) is 4.79 Å². The van der Waals surface area contributed by atoms with Gasteiger partial charge in [0, 0.05) is 32.0 Å². The summed E-state index contributed by atoms with van der Waals surface area (Å²) in [5.41, 5.74) is -0.308. The topological polar surface area (TPSA) is 35.5 Å². The van der Waals surface area contributed by atoms with Gasteiger partial charge in [-0.1, -0.05) is 19.1 Å². The summed E-state index contributed by atoms with van der Waals surface area (Å²) in [6.45, 7) is 4.11. The van der Waals surface area contributed by atoms with Gasteiger partial charge in [-0.15, -0.1) is 0 Å². The molecule has 0 aromatic rings. The number of Topliss-reactive ketones (excluding diaryl/α,β-unsaturated/α-hetero) is 1. The zero-order valence-electron chi connectivity index (χ0n) is 11.1. The third kappa shape index (κ3) is 1.95. The lowest BCUT2D eigenvalue weighted by atomic mass is 9.62. The second-order valence-electron chi connectivity index (χ2n) is 5.55. The fraction of sp³-hybridized carbons (Fsp3) is 0.786. The molecule has 0 unspecified atom stereocenters. The predicted octanol–water partition coefficient (Wildman–Crippen LogP) is 2.41. The van der Waals surface area contributed by atoms with E-state index < -0.39 is 0 Å². The van der Waals surface area contributed by atoms with Crippen LogP contribution in [0, 0.1) is 23.2 Å². The zero-order chi connectivity index (χ0) is 12.6. The maximum atomic E-state index is 12.3. The summed E-state index contributed by atoms with van der Waals surface area (Å²) in [7, 11) is 3.30. The van der Waals surface area contributed by atoms with E-state index in [1.54, 1.807) is 14.2 Å². The number of fused-ring (bicyclic) bond motifs is 2. The van der Waals surface area contributed by atoms with E-state index in [0.29, 0.717) is 17.6 Å². The SMILES string of the molecule is COC(C[C@H]1[C@@H]2C=C[C@@]1(C)C(=O)[C@@H](C)C2)OC. The molecule has 4 atom stereocenters. The number of ketones is 1. The number of carbonyl (C=O) groups is 1. The Bertz CT molecular complexity index is 332. The molecule has 2 bridgehead atoms. The van der Waals surface area contributed by atoms with E-state index >= 15 is 0 Å². The summed E-state index contributed by atoms with van der Waals surface area (Å²) in [5.74, 6) is 1.38. The van der Waals surface area contributed by atoms with Crippen LogP contribution in [0.4, 0.5) is 0 Å². The van der Waals surface area contributed by atoms with Crippen molar-refractivity contribution in [2.24, 2.45) is 23.2 Å². The van der Waals surface area contributed by atoms with E-state index in [2.05, 4.69) is 19.1 Å². The van der Waals surface area contributed by atoms with Crippen LogP contribution in [0.2, 0.25) is 0 Å².